The van der Waals surface area contributed by atoms with Crippen LogP contribution in [0.15, 0.2) is 16.4 Å². The molecule has 0 spiro atoms. The van der Waals surface area contributed by atoms with Crippen LogP contribution in [0.25, 0.3) is 0 Å². The third-order valence-corrected chi connectivity index (χ3v) is 3.35. The summed E-state index contributed by atoms with van der Waals surface area (Å²) in [5.74, 6) is 0.220. The summed E-state index contributed by atoms with van der Waals surface area (Å²) in [5.41, 5.74) is -0.705. The highest BCUT2D eigenvalue weighted by molar-refractivity contribution is 7.13. The molecule has 0 atom stereocenters. The summed E-state index contributed by atoms with van der Waals surface area (Å²) in [6.07, 6.45) is 1.61. The Balaban J connectivity index is 2.20. The predicted octanol–water partition coefficient (Wildman–Crippen LogP) is 1.20. The summed E-state index contributed by atoms with van der Waals surface area (Å²) < 4.78 is 2.74. The van der Waals surface area contributed by atoms with Crippen LogP contribution in [0.4, 0.5) is 5.13 Å². The lowest BCUT2D eigenvalue weighted by Crippen LogP contribution is -2.37. The summed E-state index contributed by atoms with van der Waals surface area (Å²) in [4.78, 5) is 28.1. The Hall–Kier alpha value is -1.96. The number of nitrogens with zero attached hydrogens (tertiary/aromatic N) is 4. The SMILES string of the molecule is Cc1nn(C(C)(C)C)c(=O)n1CC(=O)Nc1nccs1. The van der Waals surface area contributed by atoms with Gasteiger partial charge in [0.1, 0.15) is 12.4 Å². The van der Waals surface area contributed by atoms with Gasteiger partial charge in [0, 0.05) is 11.6 Å². The highest BCUT2D eigenvalue weighted by Crippen LogP contribution is 2.11. The number of hydrogen-bond acceptors (Lipinski definition) is 5. The Morgan fingerprint density at radius 2 is 2.15 bits per heavy atom. The van der Waals surface area contributed by atoms with Crippen LogP contribution < -0.4 is 11.0 Å². The lowest BCUT2D eigenvalue weighted by atomic mass is 10.1. The van der Waals surface area contributed by atoms with E-state index in [9.17, 15) is 9.59 Å². The third kappa shape index (κ3) is 2.96. The third-order valence-electron chi connectivity index (χ3n) is 2.66. The number of carbonyl (C=O) groups is 1. The largest absolute Gasteiger partial charge is 0.346 e. The summed E-state index contributed by atoms with van der Waals surface area (Å²) >= 11 is 1.33. The Kier molecular flexibility index (Phi) is 3.76. The molecular formula is C12H17N5O2S. The molecule has 7 nitrogen and oxygen atoms in total. The fourth-order valence-corrected chi connectivity index (χ4v) is 2.25. The first-order chi connectivity index (χ1) is 9.29. The zero-order chi connectivity index (χ0) is 14.9. The topological polar surface area (TPSA) is 81.8 Å². The van der Waals surface area contributed by atoms with Crippen LogP contribution in [0.2, 0.25) is 0 Å². The van der Waals surface area contributed by atoms with E-state index in [0.717, 1.165) is 0 Å². The summed E-state index contributed by atoms with van der Waals surface area (Å²) in [6, 6.07) is 0. The number of rotatable bonds is 3. The number of amides is 1. The maximum Gasteiger partial charge on any atom is 0.346 e. The predicted molar refractivity (Wildman–Crippen MR) is 77.0 cm³/mol. The van der Waals surface area contributed by atoms with Crippen molar-refractivity contribution in [3.63, 3.8) is 0 Å². The molecule has 0 fully saturated rings. The van der Waals surface area contributed by atoms with Crippen molar-refractivity contribution >= 4 is 22.4 Å². The van der Waals surface area contributed by atoms with Gasteiger partial charge in [0.15, 0.2) is 5.13 Å². The number of anilines is 1. The molecule has 2 aromatic rings. The molecule has 20 heavy (non-hydrogen) atoms. The van der Waals surface area contributed by atoms with Gasteiger partial charge in [-0.2, -0.15) is 5.10 Å². The van der Waals surface area contributed by atoms with Crippen molar-refractivity contribution in [1.29, 1.82) is 0 Å². The highest BCUT2D eigenvalue weighted by Gasteiger charge is 2.21. The average molecular weight is 295 g/mol. The fourth-order valence-electron chi connectivity index (χ4n) is 1.70. The minimum atomic E-state index is -0.418. The van der Waals surface area contributed by atoms with Gasteiger partial charge >= 0.3 is 5.69 Å². The van der Waals surface area contributed by atoms with Crippen molar-refractivity contribution in [2.24, 2.45) is 0 Å². The maximum absolute atomic E-state index is 12.2. The van der Waals surface area contributed by atoms with Crippen LogP contribution in [-0.4, -0.2) is 25.2 Å². The summed E-state index contributed by atoms with van der Waals surface area (Å²) in [7, 11) is 0. The van der Waals surface area contributed by atoms with E-state index in [2.05, 4.69) is 15.4 Å². The quantitative estimate of drug-likeness (QED) is 0.922. The van der Waals surface area contributed by atoms with Gasteiger partial charge in [0.2, 0.25) is 5.91 Å². The zero-order valence-corrected chi connectivity index (χ0v) is 12.7. The van der Waals surface area contributed by atoms with E-state index in [4.69, 9.17) is 0 Å². The number of aryl methyl sites for hydroxylation is 1. The molecule has 1 amide bonds. The number of hydrogen-bond donors (Lipinski definition) is 1. The number of carbonyl (C=O) groups excluding carboxylic acids is 1. The monoisotopic (exact) mass is 295 g/mol. The minimum Gasteiger partial charge on any atom is -0.300 e. The highest BCUT2D eigenvalue weighted by atomic mass is 32.1. The second-order valence-corrected chi connectivity index (χ2v) is 6.28. The van der Waals surface area contributed by atoms with E-state index in [0.29, 0.717) is 11.0 Å². The molecule has 108 valence electrons. The van der Waals surface area contributed by atoms with Crippen molar-refractivity contribution in [2.75, 3.05) is 5.32 Å². The molecule has 2 rings (SSSR count). The van der Waals surface area contributed by atoms with Gasteiger partial charge in [-0.3, -0.25) is 9.36 Å². The van der Waals surface area contributed by atoms with Crippen LogP contribution in [0.5, 0.6) is 0 Å². The molecule has 2 aromatic heterocycles. The van der Waals surface area contributed by atoms with Crippen LogP contribution in [0, 0.1) is 6.92 Å². The number of thiazole rings is 1. The zero-order valence-electron chi connectivity index (χ0n) is 11.9. The molecule has 2 heterocycles. The van der Waals surface area contributed by atoms with Crippen LogP contribution >= 0.6 is 11.3 Å². The van der Waals surface area contributed by atoms with Crippen LogP contribution in [0.3, 0.4) is 0 Å². The molecule has 0 saturated heterocycles. The van der Waals surface area contributed by atoms with Gasteiger partial charge in [-0.15, -0.1) is 11.3 Å². The molecule has 1 N–H and O–H groups in total. The van der Waals surface area contributed by atoms with E-state index < -0.39 is 5.54 Å². The van der Waals surface area contributed by atoms with Crippen LogP contribution in [0.1, 0.15) is 26.6 Å². The minimum absolute atomic E-state index is 0.0691. The first kappa shape index (κ1) is 14.4. The Morgan fingerprint density at radius 3 is 2.65 bits per heavy atom. The molecule has 0 bridgehead atoms. The lowest BCUT2D eigenvalue weighted by molar-refractivity contribution is -0.116. The van der Waals surface area contributed by atoms with Crippen molar-refractivity contribution in [1.82, 2.24) is 19.3 Å². The second-order valence-electron chi connectivity index (χ2n) is 5.38. The smallest absolute Gasteiger partial charge is 0.300 e. The molecule has 0 saturated carbocycles. The van der Waals surface area contributed by atoms with Gasteiger partial charge < -0.3 is 5.32 Å². The van der Waals surface area contributed by atoms with Crippen molar-refractivity contribution in [3.05, 3.63) is 27.9 Å². The number of nitrogens with one attached hydrogen (secondary N) is 1. The summed E-state index contributed by atoms with van der Waals surface area (Å²) in [5, 5.41) is 9.14. The molecule has 8 heteroatoms. The van der Waals surface area contributed by atoms with Gasteiger partial charge in [-0.1, -0.05) is 0 Å². The second kappa shape index (κ2) is 5.20. The molecule has 0 aliphatic heterocycles. The van der Waals surface area contributed by atoms with Gasteiger partial charge in [0.05, 0.1) is 5.54 Å². The standard InChI is InChI=1S/C12H17N5O2S/c1-8-15-17(12(2,3)4)11(19)16(8)7-9(18)14-10-13-5-6-20-10/h5-6H,7H2,1-4H3,(H,13,14,18). The van der Waals surface area contributed by atoms with Crippen LogP contribution in [-0.2, 0) is 16.9 Å². The van der Waals surface area contributed by atoms with Crippen molar-refractivity contribution in [2.45, 2.75) is 39.8 Å². The molecule has 0 unspecified atom stereocenters. The Labute approximate surface area is 120 Å². The first-order valence-corrected chi connectivity index (χ1v) is 7.03. The summed E-state index contributed by atoms with van der Waals surface area (Å²) in [6.45, 7) is 7.31. The molecule has 0 aliphatic carbocycles. The van der Waals surface area contributed by atoms with E-state index in [1.54, 1.807) is 18.5 Å². The molecule has 0 aromatic carbocycles. The van der Waals surface area contributed by atoms with Crippen molar-refractivity contribution in [3.8, 4) is 0 Å². The molecule has 0 radical (unpaired) electrons. The average Bonchev–Trinajstić information content (AvgIpc) is 2.91. The van der Waals surface area contributed by atoms with E-state index >= 15 is 0 Å². The lowest BCUT2D eigenvalue weighted by Gasteiger charge is -2.16. The first-order valence-electron chi connectivity index (χ1n) is 6.15. The molecular weight excluding hydrogens is 278 g/mol. The van der Waals surface area contributed by atoms with Gasteiger partial charge in [-0.05, 0) is 27.7 Å². The molecule has 0 aliphatic rings. The van der Waals surface area contributed by atoms with E-state index in [-0.39, 0.29) is 18.1 Å². The van der Waals surface area contributed by atoms with E-state index in [1.807, 2.05) is 20.8 Å². The Bertz CT molecular complexity index is 663. The normalized spacial score (nSPS) is 11.6. The van der Waals surface area contributed by atoms with Crippen molar-refractivity contribution < 1.29 is 4.79 Å². The Morgan fingerprint density at radius 1 is 1.45 bits per heavy atom. The fraction of sp³-hybridized carbons (Fsp3) is 0.500. The van der Waals surface area contributed by atoms with E-state index in [1.165, 1.54) is 20.6 Å². The van der Waals surface area contributed by atoms with Gasteiger partial charge in [-0.25, -0.2) is 14.5 Å². The maximum atomic E-state index is 12.2. The van der Waals surface area contributed by atoms with Gasteiger partial charge in [0.25, 0.3) is 0 Å². The number of aromatic nitrogens is 4.